The molecule has 1 aliphatic carbocycles. The standard InChI is InChI=1S/C26H36N6O/c1-26(2)23-21(11-16-33-26)22-17-28-25(30-24(22)32(23)20-5-3-4-6-20)29-18-7-9-19(10-8-18)31-14-12-27-13-15-31/h7-10,17,20-21,23,27H,3-6,11-16H2,1-2H3,(H,28,29,30). The van der Waals surface area contributed by atoms with Crippen molar-refractivity contribution in [1.82, 2.24) is 15.3 Å². The average Bonchev–Trinajstić information content (AvgIpc) is 3.47. The van der Waals surface area contributed by atoms with Gasteiger partial charge < -0.3 is 25.2 Å². The summed E-state index contributed by atoms with van der Waals surface area (Å²) in [5.74, 6) is 2.27. The molecular weight excluding hydrogens is 412 g/mol. The number of hydrogen-bond donors (Lipinski definition) is 2. The van der Waals surface area contributed by atoms with Gasteiger partial charge in [-0.1, -0.05) is 12.8 Å². The Balaban J connectivity index is 1.27. The van der Waals surface area contributed by atoms with E-state index in [-0.39, 0.29) is 5.60 Å². The van der Waals surface area contributed by atoms with Gasteiger partial charge in [-0.05, 0) is 57.4 Å². The molecule has 3 aliphatic heterocycles. The van der Waals surface area contributed by atoms with E-state index in [1.54, 1.807) is 0 Å². The fourth-order valence-corrected chi connectivity index (χ4v) is 6.46. The highest BCUT2D eigenvalue weighted by molar-refractivity contribution is 5.64. The van der Waals surface area contributed by atoms with Crippen LogP contribution in [0, 0.1) is 0 Å². The van der Waals surface area contributed by atoms with E-state index in [4.69, 9.17) is 14.7 Å². The summed E-state index contributed by atoms with van der Waals surface area (Å²) in [7, 11) is 0. The molecule has 1 saturated carbocycles. The number of aromatic nitrogens is 2. The van der Waals surface area contributed by atoms with Crippen molar-refractivity contribution in [2.24, 2.45) is 0 Å². The van der Waals surface area contributed by atoms with Gasteiger partial charge >= 0.3 is 0 Å². The molecule has 2 N–H and O–H groups in total. The minimum Gasteiger partial charge on any atom is -0.373 e. The molecule has 0 bridgehead atoms. The summed E-state index contributed by atoms with van der Waals surface area (Å²) in [4.78, 5) is 14.9. The summed E-state index contributed by atoms with van der Waals surface area (Å²) in [6.45, 7) is 9.52. The van der Waals surface area contributed by atoms with Crippen LogP contribution in [0.1, 0.15) is 57.4 Å². The predicted molar refractivity (Wildman–Crippen MR) is 133 cm³/mol. The van der Waals surface area contributed by atoms with Crippen LogP contribution in [0.5, 0.6) is 0 Å². The van der Waals surface area contributed by atoms with Crippen molar-refractivity contribution in [2.45, 2.75) is 69.6 Å². The average molecular weight is 449 g/mol. The van der Waals surface area contributed by atoms with E-state index in [1.807, 2.05) is 0 Å². The Morgan fingerprint density at radius 2 is 1.82 bits per heavy atom. The maximum atomic E-state index is 6.27. The number of nitrogens with one attached hydrogen (secondary N) is 2. The second kappa shape index (κ2) is 8.44. The van der Waals surface area contributed by atoms with Gasteiger partial charge in [-0.3, -0.25) is 0 Å². The molecule has 0 amide bonds. The highest BCUT2D eigenvalue weighted by atomic mass is 16.5. The Hall–Kier alpha value is -2.38. The van der Waals surface area contributed by atoms with Gasteiger partial charge in [0.2, 0.25) is 5.95 Å². The van der Waals surface area contributed by atoms with Gasteiger partial charge in [0.1, 0.15) is 5.82 Å². The number of anilines is 4. The van der Waals surface area contributed by atoms with E-state index in [0.717, 1.165) is 50.7 Å². The highest BCUT2D eigenvalue weighted by Gasteiger charge is 2.52. The van der Waals surface area contributed by atoms with Gasteiger partial charge in [-0.15, -0.1) is 0 Å². The first-order chi connectivity index (χ1) is 16.1. The van der Waals surface area contributed by atoms with Crippen LogP contribution >= 0.6 is 0 Å². The fraction of sp³-hybridized carbons (Fsp3) is 0.615. The zero-order chi connectivity index (χ0) is 22.4. The largest absolute Gasteiger partial charge is 0.373 e. The van der Waals surface area contributed by atoms with Crippen LogP contribution in [0.2, 0.25) is 0 Å². The lowest BCUT2D eigenvalue weighted by atomic mass is 9.81. The molecular formula is C26H36N6O. The van der Waals surface area contributed by atoms with Crippen molar-refractivity contribution in [1.29, 1.82) is 0 Å². The van der Waals surface area contributed by atoms with Gasteiger partial charge in [0, 0.05) is 67.9 Å². The van der Waals surface area contributed by atoms with E-state index < -0.39 is 0 Å². The summed E-state index contributed by atoms with van der Waals surface area (Å²) in [6.07, 6.45) is 8.25. The molecule has 6 rings (SSSR count). The molecule has 1 aromatic carbocycles. The molecule has 4 aliphatic rings. The minimum atomic E-state index is -0.181. The fourth-order valence-electron chi connectivity index (χ4n) is 6.46. The van der Waals surface area contributed by atoms with E-state index in [2.05, 4.69) is 64.7 Å². The topological polar surface area (TPSA) is 65.5 Å². The molecule has 1 aromatic heterocycles. The van der Waals surface area contributed by atoms with Crippen LogP contribution in [-0.4, -0.2) is 60.4 Å². The zero-order valence-corrected chi connectivity index (χ0v) is 19.9. The van der Waals surface area contributed by atoms with Gasteiger partial charge in [0.15, 0.2) is 0 Å². The predicted octanol–water partition coefficient (Wildman–Crippen LogP) is 4.04. The van der Waals surface area contributed by atoms with Gasteiger partial charge in [0.05, 0.1) is 11.6 Å². The summed E-state index contributed by atoms with van der Waals surface area (Å²) in [6, 6.07) is 9.56. The molecule has 2 aromatic rings. The van der Waals surface area contributed by atoms with Crippen molar-refractivity contribution >= 4 is 23.1 Å². The van der Waals surface area contributed by atoms with E-state index >= 15 is 0 Å². The number of hydrogen-bond acceptors (Lipinski definition) is 7. The van der Waals surface area contributed by atoms with E-state index in [0.29, 0.717) is 23.9 Å². The molecule has 0 spiro atoms. The molecule has 176 valence electrons. The Morgan fingerprint density at radius 3 is 2.58 bits per heavy atom. The first kappa shape index (κ1) is 21.2. The quantitative estimate of drug-likeness (QED) is 0.732. The van der Waals surface area contributed by atoms with Gasteiger partial charge in [0.25, 0.3) is 0 Å². The molecule has 0 radical (unpaired) electrons. The van der Waals surface area contributed by atoms with Crippen molar-refractivity contribution in [3.05, 3.63) is 36.0 Å². The molecule has 2 atom stereocenters. The van der Waals surface area contributed by atoms with Crippen LogP contribution in [0.15, 0.2) is 30.5 Å². The van der Waals surface area contributed by atoms with E-state index in [1.165, 1.54) is 36.9 Å². The van der Waals surface area contributed by atoms with Crippen LogP contribution in [0.3, 0.4) is 0 Å². The first-order valence-electron chi connectivity index (χ1n) is 12.7. The minimum absolute atomic E-state index is 0.181. The zero-order valence-electron chi connectivity index (χ0n) is 19.9. The van der Waals surface area contributed by atoms with Crippen molar-refractivity contribution in [3.8, 4) is 0 Å². The number of benzene rings is 1. The maximum absolute atomic E-state index is 6.27. The van der Waals surface area contributed by atoms with Gasteiger partial charge in [-0.25, -0.2) is 4.98 Å². The lowest BCUT2D eigenvalue weighted by molar-refractivity contribution is -0.0742. The summed E-state index contributed by atoms with van der Waals surface area (Å²) >= 11 is 0. The third-order valence-corrected chi connectivity index (χ3v) is 8.06. The van der Waals surface area contributed by atoms with Crippen LogP contribution in [-0.2, 0) is 4.74 Å². The van der Waals surface area contributed by atoms with E-state index in [9.17, 15) is 0 Å². The Kier molecular flexibility index (Phi) is 5.41. The molecule has 2 unspecified atom stereocenters. The Morgan fingerprint density at radius 1 is 1.06 bits per heavy atom. The highest BCUT2D eigenvalue weighted by Crippen LogP contribution is 2.51. The third kappa shape index (κ3) is 3.85. The molecule has 2 saturated heterocycles. The number of rotatable bonds is 4. The SMILES string of the molecule is CC1(C)OCCC2c3cnc(Nc4ccc(N5CCNCC5)cc4)nc3N(C3CCCC3)C21. The van der Waals surface area contributed by atoms with Crippen molar-refractivity contribution in [3.63, 3.8) is 0 Å². The second-order valence-electron chi connectivity index (χ2n) is 10.5. The lowest BCUT2D eigenvalue weighted by Gasteiger charge is -2.46. The Bertz CT molecular complexity index is 981. The molecule has 33 heavy (non-hydrogen) atoms. The number of fused-ring (bicyclic) bond motifs is 3. The number of nitrogens with zero attached hydrogens (tertiary/aromatic N) is 4. The Labute approximate surface area is 196 Å². The first-order valence-corrected chi connectivity index (χ1v) is 12.7. The van der Waals surface area contributed by atoms with Crippen molar-refractivity contribution in [2.75, 3.05) is 47.9 Å². The van der Waals surface area contributed by atoms with Crippen LogP contribution in [0.25, 0.3) is 0 Å². The van der Waals surface area contributed by atoms with Crippen LogP contribution < -0.4 is 20.4 Å². The summed E-state index contributed by atoms with van der Waals surface area (Å²) < 4.78 is 6.27. The number of piperazine rings is 1. The molecule has 7 nitrogen and oxygen atoms in total. The summed E-state index contributed by atoms with van der Waals surface area (Å²) in [5.41, 5.74) is 3.43. The molecule has 4 heterocycles. The monoisotopic (exact) mass is 448 g/mol. The molecule has 3 fully saturated rings. The lowest BCUT2D eigenvalue weighted by Crippen LogP contribution is -2.56. The smallest absolute Gasteiger partial charge is 0.229 e. The third-order valence-electron chi connectivity index (χ3n) is 8.06. The number of ether oxygens (including phenoxy) is 1. The molecule has 7 heteroatoms. The maximum Gasteiger partial charge on any atom is 0.229 e. The second-order valence-corrected chi connectivity index (χ2v) is 10.5. The summed E-state index contributed by atoms with van der Waals surface area (Å²) in [5, 5.41) is 6.88. The normalized spacial score (nSPS) is 26.8. The van der Waals surface area contributed by atoms with Gasteiger partial charge in [-0.2, -0.15) is 4.98 Å². The van der Waals surface area contributed by atoms with Crippen molar-refractivity contribution < 1.29 is 4.74 Å². The van der Waals surface area contributed by atoms with Crippen LogP contribution in [0.4, 0.5) is 23.1 Å².